The summed E-state index contributed by atoms with van der Waals surface area (Å²) in [6.07, 6.45) is 1.57. The van der Waals surface area contributed by atoms with Crippen LogP contribution < -0.4 is 9.47 Å². The van der Waals surface area contributed by atoms with E-state index in [9.17, 15) is 9.59 Å². The van der Waals surface area contributed by atoms with Gasteiger partial charge in [0, 0.05) is 0 Å². The Kier molecular flexibility index (Phi) is 10.5. The summed E-state index contributed by atoms with van der Waals surface area (Å²) in [4.78, 5) is 22.9. The van der Waals surface area contributed by atoms with E-state index in [2.05, 4.69) is 19.1 Å². The lowest BCUT2D eigenvalue weighted by molar-refractivity contribution is -0.143. The van der Waals surface area contributed by atoms with Gasteiger partial charge >= 0.3 is 5.97 Å². The zero-order valence-corrected chi connectivity index (χ0v) is 21.6. The van der Waals surface area contributed by atoms with Crippen molar-refractivity contribution < 1.29 is 19.1 Å². The standard InChI is InChI=1S/C29H30O4.C2H6/c1-5-26(21-9-7-6-8-10-21)27(22-11-15-24(16-12-22)32-20-19-30)23-13-17-25(18-14-23)33-28(31)29(2,3)4;1-2/h6-19H,5,20H2,1-4H3;1-2H3/b27-26+;. The van der Waals surface area contributed by atoms with E-state index in [1.807, 2.05) is 101 Å². The number of ether oxygens (including phenoxy) is 2. The second-order valence-electron chi connectivity index (χ2n) is 8.74. The zero-order chi connectivity index (χ0) is 25.8. The first-order valence-corrected chi connectivity index (χ1v) is 12.1. The third-order valence-electron chi connectivity index (χ3n) is 5.20. The number of rotatable bonds is 8. The number of hydrogen-bond acceptors (Lipinski definition) is 4. The summed E-state index contributed by atoms with van der Waals surface area (Å²) in [5.74, 6) is 0.899. The highest BCUT2D eigenvalue weighted by Crippen LogP contribution is 2.35. The summed E-state index contributed by atoms with van der Waals surface area (Å²) < 4.78 is 11.0. The number of aldehydes is 1. The molecule has 0 atom stereocenters. The molecule has 0 N–H and O–H groups in total. The summed E-state index contributed by atoms with van der Waals surface area (Å²) in [6, 6.07) is 25.7. The van der Waals surface area contributed by atoms with E-state index in [4.69, 9.17) is 9.47 Å². The maximum atomic E-state index is 12.3. The molecule has 4 nitrogen and oxygen atoms in total. The quantitative estimate of drug-likeness (QED) is 0.146. The molecule has 35 heavy (non-hydrogen) atoms. The predicted octanol–water partition coefficient (Wildman–Crippen LogP) is 7.61. The fraction of sp³-hybridized carbons (Fsp3) is 0.290. The van der Waals surface area contributed by atoms with E-state index in [1.165, 1.54) is 5.57 Å². The van der Waals surface area contributed by atoms with Gasteiger partial charge in [0.25, 0.3) is 0 Å². The Morgan fingerprint density at radius 1 is 0.771 bits per heavy atom. The van der Waals surface area contributed by atoms with Crippen molar-refractivity contribution in [3.05, 3.63) is 95.6 Å². The van der Waals surface area contributed by atoms with Crippen LogP contribution in [-0.4, -0.2) is 18.9 Å². The Labute approximate surface area is 209 Å². The molecule has 0 spiro atoms. The second-order valence-corrected chi connectivity index (χ2v) is 8.74. The molecule has 3 aromatic carbocycles. The largest absolute Gasteiger partial charge is 0.486 e. The van der Waals surface area contributed by atoms with Crippen molar-refractivity contribution in [3.8, 4) is 11.5 Å². The van der Waals surface area contributed by atoms with Crippen molar-refractivity contribution in [1.29, 1.82) is 0 Å². The molecule has 3 rings (SSSR count). The van der Waals surface area contributed by atoms with Crippen LogP contribution in [0.1, 0.15) is 64.7 Å². The third kappa shape index (κ3) is 7.68. The van der Waals surface area contributed by atoms with Crippen molar-refractivity contribution in [2.75, 3.05) is 6.61 Å². The fourth-order valence-corrected chi connectivity index (χ4v) is 3.48. The van der Waals surface area contributed by atoms with Crippen LogP contribution in [0.2, 0.25) is 0 Å². The smallest absolute Gasteiger partial charge is 0.316 e. The van der Waals surface area contributed by atoms with Crippen molar-refractivity contribution in [3.63, 3.8) is 0 Å². The maximum Gasteiger partial charge on any atom is 0.316 e. The van der Waals surface area contributed by atoms with Gasteiger partial charge in [-0.15, -0.1) is 0 Å². The molecule has 0 aliphatic rings. The molecule has 0 aromatic heterocycles. The second kappa shape index (κ2) is 13.3. The molecule has 4 heteroatoms. The summed E-state index contributed by atoms with van der Waals surface area (Å²) in [6.45, 7) is 11.7. The van der Waals surface area contributed by atoms with E-state index >= 15 is 0 Å². The molecule has 0 radical (unpaired) electrons. The Bertz CT molecular complexity index is 1100. The molecule has 0 aliphatic heterocycles. The molecule has 0 heterocycles. The van der Waals surface area contributed by atoms with Gasteiger partial charge in [0.1, 0.15) is 18.1 Å². The zero-order valence-electron chi connectivity index (χ0n) is 21.6. The van der Waals surface area contributed by atoms with Crippen LogP contribution in [0.5, 0.6) is 11.5 Å². The number of benzene rings is 3. The molecular formula is C31H36O4. The minimum Gasteiger partial charge on any atom is -0.486 e. The van der Waals surface area contributed by atoms with Gasteiger partial charge < -0.3 is 9.47 Å². The highest BCUT2D eigenvalue weighted by atomic mass is 16.5. The van der Waals surface area contributed by atoms with E-state index in [0.29, 0.717) is 11.5 Å². The number of carbonyl (C=O) groups is 2. The van der Waals surface area contributed by atoms with Crippen LogP contribution in [0.15, 0.2) is 78.9 Å². The normalized spacial score (nSPS) is 11.5. The van der Waals surface area contributed by atoms with Crippen LogP contribution in [0.4, 0.5) is 0 Å². The summed E-state index contributed by atoms with van der Waals surface area (Å²) in [7, 11) is 0. The summed E-state index contributed by atoms with van der Waals surface area (Å²) in [5, 5.41) is 0. The highest BCUT2D eigenvalue weighted by Gasteiger charge is 2.23. The molecule has 0 bridgehead atoms. The Hall–Kier alpha value is -3.66. The monoisotopic (exact) mass is 472 g/mol. The Morgan fingerprint density at radius 3 is 1.74 bits per heavy atom. The van der Waals surface area contributed by atoms with Crippen molar-refractivity contribution in [2.24, 2.45) is 5.41 Å². The third-order valence-corrected chi connectivity index (χ3v) is 5.20. The van der Waals surface area contributed by atoms with E-state index in [0.717, 1.165) is 35.0 Å². The van der Waals surface area contributed by atoms with Crippen LogP contribution >= 0.6 is 0 Å². The van der Waals surface area contributed by atoms with Crippen LogP contribution in [0, 0.1) is 5.41 Å². The Morgan fingerprint density at radius 2 is 1.29 bits per heavy atom. The maximum absolute atomic E-state index is 12.3. The van der Waals surface area contributed by atoms with Crippen LogP contribution in [-0.2, 0) is 9.59 Å². The van der Waals surface area contributed by atoms with E-state index in [-0.39, 0.29) is 12.6 Å². The summed E-state index contributed by atoms with van der Waals surface area (Å²) >= 11 is 0. The van der Waals surface area contributed by atoms with Crippen LogP contribution in [0.3, 0.4) is 0 Å². The van der Waals surface area contributed by atoms with Gasteiger partial charge in [-0.2, -0.15) is 0 Å². The minimum absolute atomic E-state index is 0.0288. The first-order chi connectivity index (χ1) is 16.8. The van der Waals surface area contributed by atoms with Gasteiger partial charge in [-0.25, -0.2) is 0 Å². The number of carbonyl (C=O) groups excluding carboxylic acids is 2. The molecule has 0 fully saturated rings. The predicted molar refractivity (Wildman–Crippen MR) is 144 cm³/mol. The molecular weight excluding hydrogens is 436 g/mol. The molecule has 184 valence electrons. The number of hydrogen-bond donors (Lipinski definition) is 0. The molecule has 0 saturated carbocycles. The fourth-order valence-electron chi connectivity index (χ4n) is 3.48. The first-order valence-electron chi connectivity index (χ1n) is 12.1. The van der Waals surface area contributed by atoms with Gasteiger partial charge in [0.15, 0.2) is 6.29 Å². The summed E-state index contributed by atoms with van der Waals surface area (Å²) in [5.41, 5.74) is 4.94. The lowest BCUT2D eigenvalue weighted by Gasteiger charge is -2.18. The van der Waals surface area contributed by atoms with Gasteiger partial charge in [-0.05, 0) is 79.3 Å². The van der Waals surface area contributed by atoms with Gasteiger partial charge in [0.05, 0.1) is 5.41 Å². The number of esters is 1. The lowest BCUT2D eigenvalue weighted by Crippen LogP contribution is -2.25. The SMILES string of the molecule is CC.CC/C(=C(/c1ccc(OCC=O)cc1)c1ccc(OC(=O)C(C)(C)C)cc1)c1ccccc1. The van der Waals surface area contributed by atoms with Gasteiger partial charge in [-0.3, -0.25) is 9.59 Å². The van der Waals surface area contributed by atoms with E-state index < -0.39 is 5.41 Å². The van der Waals surface area contributed by atoms with Gasteiger partial charge in [0.2, 0.25) is 0 Å². The molecule has 0 saturated heterocycles. The van der Waals surface area contributed by atoms with E-state index in [1.54, 1.807) is 0 Å². The average Bonchev–Trinajstić information content (AvgIpc) is 2.88. The molecule has 3 aromatic rings. The molecule has 0 amide bonds. The molecule has 0 aliphatic carbocycles. The Balaban J connectivity index is 0.00000210. The average molecular weight is 473 g/mol. The van der Waals surface area contributed by atoms with Crippen molar-refractivity contribution in [2.45, 2.75) is 48.0 Å². The lowest BCUT2D eigenvalue weighted by atomic mass is 9.88. The minimum atomic E-state index is -0.569. The van der Waals surface area contributed by atoms with Crippen molar-refractivity contribution in [1.82, 2.24) is 0 Å². The van der Waals surface area contributed by atoms with Crippen molar-refractivity contribution >= 4 is 23.4 Å². The molecule has 0 unspecified atom stereocenters. The van der Waals surface area contributed by atoms with Gasteiger partial charge in [-0.1, -0.05) is 75.4 Å². The number of allylic oxidation sites excluding steroid dienone is 1. The highest BCUT2D eigenvalue weighted by molar-refractivity contribution is 5.98. The first kappa shape index (κ1) is 27.6. The van der Waals surface area contributed by atoms with Crippen LogP contribution in [0.25, 0.3) is 11.1 Å². The topological polar surface area (TPSA) is 52.6 Å².